The van der Waals surface area contributed by atoms with Crippen LogP contribution < -0.4 is 0 Å². The summed E-state index contributed by atoms with van der Waals surface area (Å²) in [4.78, 5) is 12.5. The molecule has 1 atom stereocenters. The predicted molar refractivity (Wildman–Crippen MR) is 41.3 cm³/mol. The van der Waals surface area contributed by atoms with Crippen LogP contribution in [0.2, 0.25) is 0 Å². The second kappa shape index (κ2) is 3.94. The SMILES string of the molecule is C[C@@H](C(F)F)N1CCC(=O)CC1. The first kappa shape index (κ1) is 9.58. The Morgan fingerprint density at radius 3 is 2.25 bits per heavy atom. The molecular formula is C8H13F2NO. The number of ketones is 1. The van der Waals surface area contributed by atoms with Gasteiger partial charge in [0.1, 0.15) is 5.78 Å². The lowest BCUT2D eigenvalue weighted by Gasteiger charge is -2.30. The van der Waals surface area contributed by atoms with E-state index in [1.807, 2.05) is 0 Å². The molecule has 70 valence electrons. The highest BCUT2D eigenvalue weighted by Gasteiger charge is 2.26. The fraction of sp³-hybridized carbons (Fsp3) is 0.875. The van der Waals surface area contributed by atoms with Gasteiger partial charge in [0.05, 0.1) is 6.04 Å². The lowest BCUT2D eigenvalue weighted by atomic mass is 10.1. The van der Waals surface area contributed by atoms with E-state index in [2.05, 4.69) is 0 Å². The molecule has 0 bridgehead atoms. The van der Waals surface area contributed by atoms with Gasteiger partial charge in [0, 0.05) is 25.9 Å². The number of halogens is 2. The molecule has 0 radical (unpaired) electrons. The zero-order valence-corrected chi connectivity index (χ0v) is 7.09. The van der Waals surface area contributed by atoms with Crippen LogP contribution in [0.1, 0.15) is 19.8 Å². The van der Waals surface area contributed by atoms with Crippen molar-refractivity contribution in [3.05, 3.63) is 0 Å². The van der Waals surface area contributed by atoms with E-state index in [1.54, 1.807) is 4.90 Å². The van der Waals surface area contributed by atoms with Crippen LogP contribution in [-0.2, 0) is 4.79 Å². The quantitative estimate of drug-likeness (QED) is 0.633. The summed E-state index contributed by atoms with van der Waals surface area (Å²) in [5.41, 5.74) is 0. The van der Waals surface area contributed by atoms with E-state index in [9.17, 15) is 13.6 Å². The molecule has 0 amide bonds. The molecule has 0 aromatic rings. The molecule has 0 aromatic carbocycles. The summed E-state index contributed by atoms with van der Waals surface area (Å²) >= 11 is 0. The largest absolute Gasteiger partial charge is 0.300 e. The van der Waals surface area contributed by atoms with Crippen molar-refractivity contribution in [2.24, 2.45) is 0 Å². The van der Waals surface area contributed by atoms with Crippen molar-refractivity contribution in [2.45, 2.75) is 32.2 Å². The highest BCUT2D eigenvalue weighted by molar-refractivity contribution is 5.79. The number of carbonyl (C=O) groups excluding carboxylic acids is 1. The van der Waals surface area contributed by atoms with Crippen molar-refractivity contribution in [1.29, 1.82) is 0 Å². The minimum Gasteiger partial charge on any atom is -0.300 e. The Bertz CT molecular complexity index is 162. The second-order valence-electron chi connectivity index (χ2n) is 3.15. The smallest absolute Gasteiger partial charge is 0.253 e. The van der Waals surface area contributed by atoms with Crippen LogP contribution in [0.3, 0.4) is 0 Å². The Hall–Kier alpha value is -0.510. The molecule has 1 aliphatic rings. The van der Waals surface area contributed by atoms with Gasteiger partial charge in [-0.3, -0.25) is 9.69 Å². The monoisotopic (exact) mass is 177 g/mol. The standard InChI is InChI=1S/C8H13F2NO/c1-6(8(9)10)11-4-2-7(12)3-5-11/h6,8H,2-5H2,1H3/t6-/m0/s1. The molecule has 1 aliphatic heterocycles. The van der Waals surface area contributed by atoms with Gasteiger partial charge >= 0.3 is 0 Å². The maximum atomic E-state index is 12.2. The first-order chi connectivity index (χ1) is 5.61. The fourth-order valence-electron chi connectivity index (χ4n) is 1.34. The summed E-state index contributed by atoms with van der Waals surface area (Å²) in [5.74, 6) is 0.188. The van der Waals surface area contributed by atoms with Gasteiger partial charge in [-0.15, -0.1) is 0 Å². The van der Waals surface area contributed by atoms with Crippen molar-refractivity contribution in [2.75, 3.05) is 13.1 Å². The van der Waals surface area contributed by atoms with Gasteiger partial charge in [0.15, 0.2) is 0 Å². The number of nitrogens with zero attached hydrogens (tertiary/aromatic N) is 1. The third kappa shape index (κ3) is 2.24. The lowest BCUT2D eigenvalue weighted by Crippen LogP contribution is -2.43. The average Bonchev–Trinajstić information content (AvgIpc) is 2.04. The maximum Gasteiger partial charge on any atom is 0.253 e. The number of hydrogen-bond donors (Lipinski definition) is 0. The van der Waals surface area contributed by atoms with Crippen LogP contribution in [0, 0.1) is 0 Å². The van der Waals surface area contributed by atoms with Crippen LogP contribution in [0.25, 0.3) is 0 Å². The van der Waals surface area contributed by atoms with Crippen LogP contribution in [0.4, 0.5) is 8.78 Å². The van der Waals surface area contributed by atoms with Gasteiger partial charge in [-0.05, 0) is 6.92 Å². The second-order valence-corrected chi connectivity index (χ2v) is 3.15. The Balaban J connectivity index is 2.38. The number of rotatable bonds is 2. The van der Waals surface area contributed by atoms with Crippen molar-refractivity contribution in [3.8, 4) is 0 Å². The molecule has 1 fully saturated rings. The van der Waals surface area contributed by atoms with E-state index in [1.165, 1.54) is 6.92 Å². The Labute approximate surface area is 70.5 Å². The zero-order chi connectivity index (χ0) is 9.14. The maximum absolute atomic E-state index is 12.2. The summed E-state index contributed by atoms with van der Waals surface area (Å²) < 4.78 is 24.4. The topological polar surface area (TPSA) is 20.3 Å². The third-order valence-electron chi connectivity index (χ3n) is 2.30. The molecule has 0 aliphatic carbocycles. The van der Waals surface area contributed by atoms with Gasteiger partial charge in [-0.2, -0.15) is 0 Å². The van der Waals surface area contributed by atoms with Crippen molar-refractivity contribution >= 4 is 5.78 Å². The van der Waals surface area contributed by atoms with E-state index < -0.39 is 12.5 Å². The molecule has 0 aromatic heterocycles. The van der Waals surface area contributed by atoms with E-state index in [4.69, 9.17) is 0 Å². The van der Waals surface area contributed by atoms with Gasteiger partial charge in [0.25, 0.3) is 6.43 Å². The molecule has 0 saturated carbocycles. The fourth-order valence-corrected chi connectivity index (χ4v) is 1.34. The van der Waals surface area contributed by atoms with E-state index in [-0.39, 0.29) is 5.78 Å². The van der Waals surface area contributed by atoms with E-state index >= 15 is 0 Å². The van der Waals surface area contributed by atoms with Gasteiger partial charge < -0.3 is 0 Å². The Morgan fingerprint density at radius 2 is 1.83 bits per heavy atom. The minimum absolute atomic E-state index is 0.188. The van der Waals surface area contributed by atoms with Crippen LogP contribution in [0.5, 0.6) is 0 Å². The Kier molecular flexibility index (Phi) is 3.14. The van der Waals surface area contributed by atoms with Gasteiger partial charge in [-0.1, -0.05) is 0 Å². The summed E-state index contributed by atoms with van der Waals surface area (Å²) in [6.07, 6.45) is -1.45. The minimum atomic E-state index is -2.31. The molecule has 0 N–H and O–H groups in total. The van der Waals surface area contributed by atoms with E-state index in [0.717, 1.165) is 0 Å². The molecule has 2 nitrogen and oxygen atoms in total. The number of hydrogen-bond acceptors (Lipinski definition) is 2. The van der Waals surface area contributed by atoms with Crippen LogP contribution in [0.15, 0.2) is 0 Å². The summed E-state index contributed by atoms with van der Waals surface area (Å²) in [6.45, 7) is 2.48. The average molecular weight is 177 g/mol. The number of alkyl halides is 2. The number of carbonyl (C=O) groups is 1. The highest BCUT2D eigenvalue weighted by Crippen LogP contribution is 2.14. The van der Waals surface area contributed by atoms with Crippen LogP contribution in [-0.4, -0.2) is 36.2 Å². The first-order valence-electron chi connectivity index (χ1n) is 4.15. The summed E-state index contributed by atoms with van der Waals surface area (Å²) in [5, 5.41) is 0. The summed E-state index contributed by atoms with van der Waals surface area (Å²) in [7, 11) is 0. The molecule has 0 spiro atoms. The van der Waals surface area contributed by atoms with Crippen molar-refractivity contribution < 1.29 is 13.6 Å². The highest BCUT2D eigenvalue weighted by atomic mass is 19.3. The predicted octanol–water partition coefficient (Wildman–Crippen LogP) is 1.30. The molecule has 4 heteroatoms. The molecule has 0 unspecified atom stereocenters. The number of piperidine rings is 1. The molecule has 12 heavy (non-hydrogen) atoms. The molecule has 1 heterocycles. The molecule has 1 saturated heterocycles. The van der Waals surface area contributed by atoms with Gasteiger partial charge in [0.2, 0.25) is 0 Å². The van der Waals surface area contributed by atoms with Crippen LogP contribution >= 0.6 is 0 Å². The van der Waals surface area contributed by atoms with Crippen molar-refractivity contribution in [3.63, 3.8) is 0 Å². The lowest BCUT2D eigenvalue weighted by molar-refractivity contribution is -0.122. The van der Waals surface area contributed by atoms with E-state index in [0.29, 0.717) is 25.9 Å². The number of likely N-dealkylation sites (tertiary alicyclic amines) is 1. The van der Waals surface area contributed by atoms with Crippen molar-refractivity contribution in [1.82, 2.24) is 4.90 Å². The molecular weight excluding hydrogens is 164 g/mol. The zero-order valence-electron chi connectivity index (χ0n) is 7.09. The third-order valence-corrected chi connectivity index (χ3v) is 2.30. The number of Topliss-reactive ketones (excluding diaryl/α,β-unsaturated/α-hetero) is 1. The summed E-state index contributed by atoms with van der Waals surface area (Å²) in [6, 6.07) is -0.710. The first-order valence-corrected chi connectivity index (χ1v) is 4.15. The normalized spacial score (nSPS) is 23.2. The molecule has 1 rings (SSSR count). The Morgan fingerprint density at radius 1 is 1.33 bits per heavy atom. The van der Waals surface area contributed by atoms with Gasteiger partial charge in [-0.25, -0.2) is 8.78 Å².